The fraction of sp³-hybridized carbons (Fsp3) is 0.400. The first-order chi connectivity index (χ1) is 14.3. The largest absolute Gasteiger partial charge is 0.461 e. The molecular formula is C25H27N3O2. The van der Waals surface area contributed by atoms with Gasteiger partial charge in [-0.3, -0.25) is 9.78 Å². The topological polar surface area (TPSA) is 89.0 Å². The molecule has 2 N–H and O–H groups in total. The number of hydrogen-bond donors (Lipinski definition) is 1. The maximum Gasteiger partial charge on any atom is 0.326 e. The maximum atomic E-state index is 12.4. The van der Waals surface area contributed by atoms with Crippen LogP contribution in [0.1, 0.15) is 38.4 Å². The number of cyclic esters (lactones) is 1. The second kappa shape index (κ2) is 7.70. The molecule has 0 amide bonds. The Balaban J connectivity index is 1.58. The number of hydrogen-bond acceptors (Lipinski definition) is 5. The van der Waals surface area contributed by atoms with Gasteiger partial charge in [0, 0.05) is 17.7 Å². The van der Waals surface area contributed by atoms with E-state index in [0.29, 0.717) is 23.8 Å². The summed E-state index contributed by atoms with van der Waals surface area (Å²) in [5.41, 5.74) is 9.08. The molecule has 1 aliphatic heterocycles. The fourth-order valence-electron chi connectivity index (χ4n) is 5.16. The number of fused-ring (bicyclic) bond motifs is 1. The average molecular weight is 402 g/mol. The Morgan fingerprint density at radius 3 is 2.73 bits per heavy atom. The molecule has 2 aromatic rings. The summed E-state index contributed by atoms with van der Waals surface area (Å²) < 4.78 is 5.54. The number of pyridine rings is 1. The van der Waals surface area contributed by atoms with Crippen molar-refractivity contribution in [1.29, 1.82) is 5.26 Å². The third-order valence-corrected chi connectivity index (χ3v) is 6.95. The van der Waals surface area contributed by atoms with Crippen molar-refractivity contribution >= 4 is 12.0 Å². The van der Waals surface area contributed by atoms with E-state index in [0.717, 1.165) is 16.8 Å². The van der Waals surface area contributed by atoms with Gasteiger partial charge in [0.05, 0.1) is 17.3 Å². The van der Waals surface area contributed by atoms with E-state index >= 15 is 0 Å². The van der Waals surface area contributed by atoms with Crippen molar-refractivity contribution in [3.63, 3.8) is 0 Å². The normalized spacial score (nSPS) is 33.2. The molecule has 1 aliphatic carbocycles. The Hall–Kier alpha value is -2.97. The number of nitrogens with zero attached hydrogens (tertiary/aromatic N) is 2. The van der Waals surface area contributed by atoms with E-state index in [-0.39, 0.29) is 23.9 Å². The van der Waals surface area contributed by atoms with Crippen LogP contribution in [0, 0.1) is 35.0 Å². The van der Waals surface area contributed by atoms with Gasteiger partial charge in [0.25, 0.3) is 0 Å². The molecule has 0 spiro atoms. The highest BCUT2D eigenvalue weighted by atomic mass is 16.6. The van der Waals surface area contributed by atoms with Gasteiger partial charge in [0.2, 0.25) is 0 Å². The molecule has 154 valence electrons. The maximum absolute atomic E-state index is 12.4. The van der Waals surface area contributed by atoms with Crippen LogP contribution in [-0.2, 0) is 9.53 Å². The zero-order chi connectivity index (χ0) is 21.5. The van der Waals surface area contributed by atoms with Gasteiger partial charge in [-0.1, -0.05) is 38.1 Å². The van der Waals surface area contributed by atoms with Crippen molar-refractivity contribution in [2.24, 2.45) is 29.4 Å². The number of rotatable bonds is 3. The Morgan fingerprint density at radius 2 is 2.03 bits per heavy atom. The standard InChI is InChI=1S/C25H27N3O2/c1-15-12-25(27)23(17(3)30-24(25)29)22(16(15)2)10-9-21-8-7-20(14-28-21)19-6-4-5-18(11-19)13-26/h4-11,14-17,22-23H,12,27H2,1-3H3/b10-9+. The SMILES string of the molecule is CC1CC2(N)C(=O)OC(C)C2C(/C=C/c2ccc(-c3cccc(C#N)c3)cn2)C1C. The second-order valence-corrected chi connectivity index (χ2v) is 8.82. The van der Waals surface area contributed by atoms with E-state index in [2.05, 4.69) is 31.0 Å². The van der Waals surface area contributed by atoms with E-state index in [9.17, 15) is 4.79 Å². The van der Waals surface area contributed by atoms with Crippen molar-refractivity contribution in [1.82, 2.24) is 4.98 Å². The zero-order valence-corrected chi connectivity index (χ0v) is 17.6. The molecule has 1 saturated heterocycles. The zero-order valence-electron chi connectivity index (χ0n) is 17.6. The smallest absolute Gasteiger partial charge is 0.326 e. The highest BCUT2D eigenvalue weighted by Gasteiger charge is 2.60. The van der Waals surface area contributed by atoms with E-state index in [1.807, 2.05) is 49.5 Å². The van der Waals surface area contributed by atoms with Crippen LogP contribution in [0.15, 0.2) is 48.7 Å². The molecule has 6 unspecified atom stereocenters. The van der Waals surface area contributed by atoms with Crippen LogP contribution in [0.4, 0.5) is 0 Å². The van der Waals surface area contributed by atoms with Crippen LogP contribution in [-0.4, -0.2) is 22.6 Å². The summed E-state index contributed by atoms with van der Waals surface area (Å²) in [4.78, 5) is 17.0. The number of esters is 1. The third kappa shape index (κ3) is 3.42. The van der Waals surface area contributed by atoms with E-state index in [4.69, 9.17) is 15.7 Å². The summed E-state index contributed by atoms with van der Waals surface area (Å²) in [5.74, 6) is 0.586. The number of carbonyl (C=O) groups excluding carboxylic acids is 1. The third-order valence-electron chi connectivity index (χ3n) is 6.95. The van der Waals surface area contributed by atoms with Gasteiger partial charge in [-0.15, -0.1) is 0 Å². The van der Waals surface area contributed by atoms with E-state index < -0.39 is 5.54 Å². The molecule has 1 saturated carbocycles. The predicted molar refractivity (Wildman–Crippen MR) is 116 cm³/mol. The van der Waals surface area contributed by atoms with Crippen LogP contribution >= 0.6 is 0 Å². The van der Waals surface area contributed by atoms with Crippen molar-refractivity contribution in [3.8, 4) is 17.2 Å². The summed E-state index contributed by atoms with van der Waals surface area (Å²) in [6.45, 7) is 6.34. The molecule has 5 heteroatoms. The Morgan fingerprint density at radius 1 is 1.23 bits per heavy atom. The minimum absolute atomic E-state index is 0.0274. The van der Waals surface area contributed by atoms with Crippen molar-refractivity contribution in [2.45, 2.75) is 38.8 Å². The molecule has 1 aromatic heterocycles. The number of allylic oxidation sites excluding steroid dienone is 1. The highest BCUT2D eigenvalue weighted by molar-refractivity contribution is 5.84. The molecule has 0 radical (unpaired) electrons. The number of ether oxygens (including phenoxy) is 1. The van der Waals surface area contributed by atoms with Gasteiger partial charge >= 0.3 is 5.97 Å². The minimum atomic E-state index is -0.899. The van der Waals surface area contributed by atoms with E-state index in [1.54, 1.807) is 6.07 Å². The number of benzene rings is 1. The van der Waals surface area contributed by atoms with Crippen LogP contribution in [0.2, 0.25) is 0 Å². The van der Waals surface area contributed by atoms with Crippen molar-refractivity contribution in [2.75, 3.05) is 0 Å². The average Bonchev–Trinajstić information content (AvgIpc) is 2.97. The molecule has 6 atom stereocenters. The summed E-state index contributed by atoms with van der Waals surface area (Å²) >= 11 is 0. The molecular weight excluding hydrogens is 374 g/mol. The van der Waals surface area contributed by atoms with Crippen molar-refractivity contribution < 1.29 is 9.53 Å². The van der Waals surface area contributed by atoms with Crippen LogP contribution < -0.4 is 5.73 Å². The first kappa shape index (κ1) is 20.3. The molecule has 0 bridgehead atoms. The lowest BCUT2D eigenvalue weighted by Gasteiger charge is -2.45. The lowest BCUT2D eigenvalue weighted by molar-refractivity contribution is -0.145. The highest BCUT2D eigenvalue weighted by Crippen LogP contribution is 2.50. The van der Waals surface area contributed by atoms with Gasteiger partial charge in [-0.25, -0.2) is 0 Å². The lowest BCUT2D eigenvalue weighted by Crippen LogP contribution is -2.58. The first-order valence-electron chi connectivity index (χ1n) is 10.5. The Bertz CT molecular complexity index is 1020. The Kier molecular flexibility index (Phi) is 5.21. The summed E-state index contributed by atoms with van der Waals surface area (Å²) in [5, 5.41) is 9.09. The van der Waals surface area contributed by atoms with Gasteiger partial charge in [0.1, 0.15) is 11.6 Å². The Labute approximate surface area is 177 Å². The molecule has 4 rings (SSSR count). The predicted octanol–water partition coefficient (Wildman–Crippen LogP) is 4.18. The molecule has 2 fully saturated rings. The van der Waals surface area contributed by atoms with Gasteiger partial charge < -0.3 is 10.5 Å². The quantitative estimate of drug-likeness (QED) is 0.779. The van der Waals surface area contributed by atoms with Gasteiger partial charge in [0.15, 0.2) is 0 Å². The molecule has 5 nitrogen and oxygen atoms in total. The molecule has 30 heavy (non-hydrogen) atoms. The number of aromatic nitrogens is 1. The number of carbonyl (C=O) groups is 1. The van der Waals surface area contributed by atoms with Crippen LogP contribution in [0.5, 0.6) is 0 Å². The van der Waals surface area contributed by atoms with Crippen LogP contribution in [0.3, 0.4) is 0 Å². The monoisotopic (exact) mass is 401 g/mol. The van der Waals surface area contributed by atoms with Crippen LogP contribution in [0.25, 0.3) is 17.2 Å². The fourth-order valence-corrected chi connectivity index (χ4v) is 5.16. The number of nitrogens with two attached hydrogens (primary N) is 1. The summed E-state index contributed by atoms with van der Waals surface area (Å²) in [6, 6.07) is 13.6. The minimum Gasteiger partial charge on any atom is -0.461 e. The van der Waals surface area contributed by atoms with Gasteiger partial charge in [-0.05, 0) is 60.9 Å². The lowest BCUT2D eigenvalue weighted by atomic mass is 9.59. The van der Waals surface area contributed by atoms with Gasteiger partial charge in [-0.2, -0.15) is 5.26 Å². The molecule has 1 aromatic carbocycles. The molecule has 2 aliphatic rings. The molecule has 2 heterocycles. The van der Waals surface area contributed by atoms with E-state index in [1.165, 1.54) is 0 Å². The first-order valence-corrected chi connectivity index (χ1v) is 10.5. The number of nitriles is 1. The van der Waals surface area contributed by atoms with Crippen molar-refractivity contribution in [3.05, 3.63) is 59.9 Å². The second-order valence-electron chi connectivity index (χ2n) is 8.82. The summed E-state index contributed by atoms with van der Waals surface area (Å²) in [6.07, 6.45) is 6.48. The summed E-state index contributed by atoms with van der Waals surface area (Å²) in [7, 11) is 0.